The summed E-state index contributed by atoms with van der Waals surface area (Å²) in [4.78, 5) is 0. The van der Waals surface area contributed by atoms with E-state index in [1.54, 1.807) is 0 Å². The van der Waals surface area contributed by atoms with Gasteiger partial charge in [0.15, 0.2) is 36.7 Å². The van der Waals surface area contributed by atoms with Gasteiger partial charge in [-0.05, 0) is 206 Å². The molecule has 7 aromatic carbocycles. The highest BCUT2D eigenvalue weighted by molar-refractivity contribution is 5.71. The van der Waals surface area contributed by atoms with Crippen molar-refractivity contribution in [1.82, 2.24) is 0 Å². The third-order valence-corrected chi connectivity index (χ3v) is 18.4. The summed E-state index contributed by atoms with van der Waals surface area (Å²) in [5.74, 6) is 0. The molecule has 6 heteroatoms. The summed E-state index contributed by atoms with van der Waals surface area (Å²) in [7, 11) is 12.6. The third-order valence-electron chi connectivity index (χ3n) is 18.4. The molecule has 496 valence electrons. The van der Waals surface area contributed by atoms with E-state index in [1.807, 2.05) is 6.07 Å². The topological polar surface area (TPSA) is 23.3 Å². The quantitative estimate of drug-likeness (QED) is 0.142. The Bertz CT molecular complexity index is 4810. The Balaban J connectivity index is 0.000000150. The summed E-state index contributed by atoms with van der Waals surface area (Å²) < 4.78 is 13.1. The molecular formula is C92H104N6+6. The Morgan fingerprint density at radius 1 is 0.204 bits per heavy atom. The van der Waals surface area contributed by atoms with E-state index in [4.69, 9.17) is 0 Å². The van der Waals surface area contributed by atoms with Crippen molar-refractivity contribution in [3.8, 4) is 78.7 Å². The molecule has 0 N–H and O–H groups in total. The van der Waals surface area contributed by atoms with E-state index < -0.39 is 0 Å². The van der Waals surface area contributed by atoms with Crippen LogP contribution in [0.15, 0.2) is 268 Å². The molecule has 0 saturated heterocycles. The Hall–Kier alpha value is -10.6. The highest BCUT2D eigenvalue weighted by Crippen LogP contribution is 2.28. The van der Waals surface area contributed by atoms with Crippen LogP contribution in [0.3, 0.4) is 0 Å². The first kappa shape index (κ1) is 73.3. The van der Waals surface area contributed by atoms with Crippen molar-refractivity contribution in [2.24, 2.45) is 42.3 Å². The molecule has 0 aliphatic rings. The summed E-state index contributed by atoms with van der Waals surface area (Å²) in [5, 5.41) is 0. The fourth-order valence-electron chi connectivity index (χ4n) is 12.4. The Labute approximate surface area is 587 Å². The van der Waals surface area contributed by atoms with Crippen LogP contribution in [0.5, 0.6) is 0 Å². The van der Waals surface area contributed by atoms with Gasteiger partial charge in [-0.1, -0.05) is 131 Å². The van der Waals surface area contributed by atoms with E-state index in [9.17, 15) is 0 Å². The Morgan fingerprint density at radius 2 is 0.612 bits per heavy atom. The zero-order valence-corrected chi connectivity index (χ0v) is 62.1. The summed E-state index contributed by atoms with van der Waals surface area (Å²) in [6.45, 7) is 30.1. The Kier molecular flexibility index (Phi) is 25.7. The average molecular weight is 1290 g/mol. The van der Waals surface area contributed by atoms with Crippen molar-refractivity contribution >= 4 is 0 Å². The molecule has 0 aliphatic heterocycles. The van der Waals surface area contributed by atoms with Gasteiger partial charge >= 0.3 is 0 Å². The van der Waals surface area contributed by atoms with E-state index in [-0.39, 0.29) is 0 Å². The third kappa shape index (κ3) is 19.3. The van der Waals surface area contributed by atoms with Crippen LogP contribution >= 0.6 is 0 Å². The second-order valence-electron chi connectivity index (χ2n) is 26.5. The first-order valence-corrected chi connectivity index (χ1v) is 34.1. The van der Waals surface area contributed by atoms with Crippen LogP contribution < -0.4 is 27.4 Å². The lowest BCUT2D eigenvalue weighted by molar-refractivity contribution is -0.666. The van der Waals surface area contributed by atoms with Crippen molar-refractivity contribution in [2.45, 2.75) is 96.9 Å². The van der Waals surface area contributed by atoms with Gasteiger partial charge in [-0.3, -0.25) is 0 Å². The monoisotopic (exact) mass is 1290 g/mol. The fourth-order valence-corrected chi connectivity index (χ4v) is 12.4. The molecule has 0 atom stereocenters. The molecule has 0 aliphatic carbocycles. The highest BCUT2D eigenvalue weighted by Gasteiger charge is 2.18. The van der Waals surface area contributed by atoms with Gasteiger partial charge in [0.2, 0.25) is 34.2 Å². The lowest BCUT2D eigenvalue weighted by Crippen LogP contribution is -2.34. The van der Waals surface area contributed by atoms with E-state index in [0.717, 1.165) is 0 Å². The minimum absolute atomic E-state index is 1.24. The standard InChI is InChI=1S/C19H18N.3C15H18N.2C14H16N/c1-15-8-6-7-11-18(15)19-14-17(12-13-20(19)2)16-9-4-3-5-10-16;1-11-5-7-14(13(3)9-11)15-8-6-12(2)10-16(15)4;1-11-5-6-14(13(3)9-11)15-10-12(2)7-8-16(15)4;1-11-8-9-12(2)14(10-11)15-7-5-6-13(3)16(15)4;1-11-7-6-8-13(12(11)2)14-9-4-5-10-15(14)3;1-11-7-8-13(12(2)10-11)14-6-4-5-9-15(14)3/h3-14H,1-2H3;3*5-10H,1-4H3;2*4-10H,1-3H3/q6*+1. The lowest BCUT2D eigenvalue weighted by Gasteiger charge is -2.06. The smallest absolute Gasteiger partial charge is 0.201 e. The molecule has 0 unspecified atom stereocenters. The van der Waals surface area contributed by atoms with Gasteiger partial charge < -0.3 is 0 Å². The van der Waals surface area contributed by atoms with Crippen molar-refractivity contribution in [1.29, 1.82) is 0 Å². The van der Waals surface area contributed by atoms with Gasteiger partial charge in [-0.15, -0.1) is 0 Å². The summed E-state index contributed by atoms with van der Waals surface area (Å²) in [6.07, 6.45) is 10.6. The predicted molar refractivity (Wildman–Crippen MR) is 410 cm³/mol. The summed E-state index contributed by atoms with van der Waals surface area (Å²) >= 11 is 0. The van der Waals surface area contributed by atoms with Crippen LogP contribution in [0, 0.1) is 96.9 Å². The van der Waals surface area contributed by atoms with Crippen molar-refractivity contribution in [2.75, 3.05) is 0 Å². The molecule has 13 rings (SSSR count). The molecular weight excluding hydrogens is 1190 g/mol. The minimum Gasteiger partial charge on any atom is -0.201 e. The van der Waals surface area contributed by atoms with Crippen molar-refractivity contribution < 1.29 is 27.4 Å². The number of aryl methyl sites for hydroxylation is 18. The molecule has 0 radical (unpaired) electrons. The molecule has 6 aromatic heterocycles. The predicted octanol–water partition coefficient (Wildman–Crippen LogP) is 19.1. The number of hydrogen-bond donors (Lipinski definition) is 0. The number of pyridine rings is 6. The van der Waals surface area contributed by atoms with Crippen molar-refractivity contribution in [3.05, 3.63) is 346 Å². The number of benzene rings is 7. The maximum Gasteiger partial charge on any atom is 0.213 e. The van der Waals surface area contributed by atoms with Crippen molar-refractivity contribution in [3.63, 3.8) is 0 Å². The van der Waals surface area contributed by atoms with Gasteiger partial charge in [0, 0.05) is 113 Å². The Morgan fingerprint density at radius 3 is 1.17 bits per heavy atom. The van der Waals surface area contributed by atoms with Crippen LogP contribution in [-0.2, 0) is 42.3 Å². The minimum atomic E-state index is 1.24. The number of aromatic nitrogens is 6. The maximum atomic E-state index is 2.26. The second-order valence-corrected chi connectivity index (χ2v) is 26.5. The molecule has 13 aromatic rings. The van der Waals surface area contributed by atoms with Crippen LogP contribution in [-0.4, -0.2) is 0 Å². The molecule has 0 amide bonds. The maximum absolute atomic E-state index is 2.26. The molecule has 0 bridgehead atoms. The van der Waals surface area contributed by atoms with Gasteiger partial charge in [0.25, 0.3) is 0 Å². The highest BCUT2D eigenvalue weighted by atomic mass is 14.9. The number of nitrogens with zero attached hydrogens (tertiary/aromatic N) is 6. The molecule has 6 heterocycles. The molecule has 98 heavy (non-hydrogen) atoms. The zero-order valence-electron chi connectivity index (χ0n) is 62.1. The molecule has 0 fully saturated rings. The van der Waals surface area contributed by atoms with E-state index in [0.29, 0.717) is 0 Å². The lowest BCUT2D eigenvalue weighted by atomic mass is 10.0. The van der Waals surface area contributed by atoms with E-state index >= 15 is 0 Å². The van der Waals surface area contributed by atoms with Crippen LogP contribution in [0.25, 0.3) is 78.7 Å². The second kappa shape index (κ2) is 34.4. The normalized spacial score (nSPS) is 10.4. The molecule has 0 spiro atoms. The zero-order chi connectivity index (χ0) is 70.7. The van der Waals surface area contributed by atoms with Gasteiger partial charge in [-0.2, -0.15) is 4.57 Å². The van der Waals surface area contributed by atoms with Gasteiger partial charge in [-0.25, -0.2) is 22.8 Å². The SMILES string of the molecule is Cc1ccc(-c2cc(C)cc[n+]2C)c(C)c1.Cc1ccc(-c2ccc(C)c[n+]2C)c(C)c1.Cc1ccc(-c2cccc[n+]2C)c(C)c1.Cc1ccc(C)c(-c2cccc(C)[n+]2C)c1.Cc1cccc(-c2cccc[n+]2C)c1C.Cc1ccccc1-c1cc(-c2ccccc2)cc[n+]1C. The average Bonchev–Trinajstić information content (AvgIpc) is 0.834. The van der Waals surface area contributed by atoms with Crippen LogP contribution in [0.2, 0.25) is 0 Å². The summed E-state index contributed by atoms with van der Waals surface area (Å²) in [6, 6.07) is 84.0. The van der Waals surface area contributed by atoms with E-state index in [1.165, 1.54) is 157 Å². The summed E-state index contributed by atoms with van der Waals surface area (Å²) in [5.41, 5.74) is 36.4. The van der Waals surface area contributed by atoms with Crippen LogP contribution in [0.1, 0.15) is 78.0 Å². The van der Waals surface area contributed by atoms with Crippen LogP contribution in [0.4, 0.5) is 0 Å². The molecule has 6 nitrogen and oxygen atoms in total. The first-order chi connectivity index (χ1) is 46.9. The van der Waals surface area contributed by atoms with E-state index in [2.05, 4.69) is 428 Å². The number of rotatable bonds is 7. The van der Waals surface area contributed by atoms with Gasteiger partial charge in [0.05, 0.1) is 0 Å². The largest absolute Gasteiger partial charge is 0.213 e. The fraction of sp³-hybridized carbons (Fsp3) is 0.217. The van der Waals surface area contributed by atoms with Gasteiger partial charge in [0.1, 0.15) is 42.3 Å². The first-order valence-electron chi connectivity index (χ1n) is 34.1. The number of hydrogen-bond acceptors (Lipinski definition) is 0. The molecule has 0 saturated carbocycles.